The van der Waals surface area contributed by atoms with Crippen molar-refractivity contribution in [3.8, 4) is 0 Å². The normalized spacial score (nSPS) is 23.8. The fraction of sp³-hybridized carbons (Fsp3) is 0.875. The number of rotatable bonds is 4. The van der Waals surface area contributed by atoms with Gasteiger partial charge in [0.05, 0.1) is 0 Å². The molecule has 0 aromatic rings. The molecule has 1 aliphatic heterocycles. The highest BCUT2D eigenvalue weighted by Gasteiger charge is 2.44. The van der Waals surface area contributed by atoms with Gasteiger partial charge in [0.25, 0.3) is 0 Å². The predicted octanol–water partition coefficient (Wildman–Crippen LogP) is 2.58. The number of amidine groups is 1. The highest BCUT2D eigenvalue weighted by molar-refractivity contribution is 5.85. The van der Waals surface area contributed by atoms with E-state index in [0.717, 1.165) is 45.2 Å². The summed E-state index contributed by atoms with van der Waals surface area (Å²) in [6, 6.07) is 0. The molecule has 1 heterocycles. The van der Waals surface area contributed by atoms with Crippen LogP contribution in [0.3, 0.4) is 0 Å². The van der Waals surface area contributed by atoms with Crippen LogP contribution in [0.2, 0.25) is 0 Å². The monoisotopic (exact) mass is 295 g/mol. The minimum atomic E-state index is -0.113. The minimum absolute atomic E-state index is 0.113. The van der Waals surface area contributed by atoms with Crippen molar-refractivity contribution in [1.29, 1.82) is 0 Å². The molecular formula is C16H29N3O2. The van der Waals surface area contributed by atoms with Crippen LogP contribution in [0.5, 0.6) is 0 Å². The van der Waals surface area contributed by atoms with Gasteiger partial charge in [-0.3, -0.25) is 4.79 Å². The molecule has 0 unspecified atom stereocenters. The maximum Gasteiger partial charge on any atom is 0.228 e. The molecule has 1 saturated heterocycles. The van der Waals surface area contributed by atoms with Crippen molar-refractivity contribution >= 4 is 11.7 Å². The number of oxime groups is 1. The minimum Gasteiger partial charge on any atom is -0.409 e. The van der Waals surface area contributed by atoms with Gasteiger partial charge in [-0.25, -0.2) is 0 Å². The Kier molecular flexibility index (Phi) is 5.12. The first kappa shape index (κ1) is 16.1. The summed E-state index contributed by atoms with van der Waals surface area (Å²) in [7, 11) is 0. The summed E-state index contributed by atoms with van der Waals surface area (Å²) in [5, 5.41) is 11.9. The molecule has 0 bridgehead atoms. The Labute approximate surface area is 127 Å². The number of nitrogens with two attached hydrogens (primary N) is 1. The molecule has 0 atom stereocenters. The summed E-state index contributed by atoms with van der Waals surface area (Å²) < 4.78 is 0. The zero-order chi connectivity index (χ0) is 15.5. The van der Waals surface area contributed by atoms with Gasteiger partial charge in [-0.15, -0.1) is 0 Å². The SMILES string of the molecule is CC(C)CC1(C(=O)N2CCC(C(N)=NO)CC2)CCCC1. The number of amides is 1. The van der Waals surface area contributed by atoms with Crippen molar-refractivity contribution in [3.05, 3.63) is 0 Å². The van der Waals surface area contributed by atoms with Gasteiger partial charge in [-0.1, -0.05) is 31.8 Å². The molecule has 1 amide bonds. The number of likely N-dealkylation sites (tertiary alicyclic amines) is 1. The van der Waals surface area contributed by atoms with Crippen LogP contribution in [-0.4, -0.2) is 34.9 Å². The molecule has 5 heteroatoms. The topological polar surface area (TPSA) is 78.9 Å². The summed E-state index contributed by atoms with van der Waals surface area (Å²) in [6.07, 6.45) is 7.07. The maximum atomic E-state index is 13.0. The molecule has 1 saturated carbocycles. The molecule has 3 N–H and O–H groups in total. The molecule has 5 nitrogen and oxygen atoms in total. The third-order valence-electron chi connectivity index (χ3n) is 5.13. The van der Waals surface area contributed by atoms with Crippen LogP contribution in [0, 0.1) is 17.3 Å². The first-order valence-corrected chi connectivity index (χ1v) is 8.25. The molecule has 0 aromatic carbocycles. The first-order valence-electron chi connectivity index (χ1n) is 8.25. The number of hydrogen-bond acceptors (Lipinski definition) is 3. The highest BCUT2D eigenvalue weighted by Crippen LogP contribution is 2.45. The Morgan fingerprint density at radius 1 is 1.33 bits per heavy atom. The van der Waals surface area contributed by atoms with Crippen molar-refractivity contribution in [2.24, 2.45) is 28.1 Å². The van der Waals surface area contributed by atoms with Gasteiger partial charge in [0.15, 0.2) is 0 Å². The molecule has 0 radical (unpaired) electrons. The summed E-state index contributed by atoms with van der Waals surface area (Å²) >= 11 is 0. The van der Waals surface area contributed by atoms with Crippen LogP contribution in [0.4, 0.5) is 0 Å². The van der Waals surface area contributed by atoms with Crippen LogP contribution < -0.4 is 5.73 Å². The van der Waals surface area contributed by atoms with E-state index in [1.807, 2.05) is 4.90 Å². The molecule has 0 spiro atoms. The molecule has 2 fully saturated rings. The molecular weight excluding hydrogens is 266 g/mol. The Balaban J connectivity index is 2.00. The van der Waals surface area contributed by atoms with Gasteiger partial charge in [-0.05, 0) is 38.0 Å². The zero-order valence-corrected chi connectivity index (χ0v) is 13.3. The highest BCUT2D eigenvalue weighted by atomic mass is 16.4. The van der Waals surface area contributed by atoms with E-state index in [4.69, 9.17) is 10.9 Å². The Hall–Kier alpha value is -1.26. The third kappa shape index (κ3) is 3.50. The summed E-state index contributed by atoms with van der Waals surface area (Å²) in [5.74, 6) is 1.33. The average molecular weight is 295 g/mol. The molecule has 2 aliphatic rings. The number of piperidine rings is 1. The Morgan fingerprint density at radius 3 is 2.38 bits per heavy atom. The first-order chi connectivity index (χ1) is 9.98. The lowest BCUT2D eigenvalue weighted by atomic mass is 9.76. The van der Waals surface area contributed by atoms with Crippen LogP contribution in [0.25, 0.3) is 0 Å². The zero-order valence-electron chi connectivity index (χ0n) is 13.3. The quantitative estimate of drug-likeness (QED) is 0.362. The standard InChI is InChI=1S/C16H29N3O2/c1-12(2)11-16(7-3-4-8-16)15(20)19-9-5-13(6-10-19)14(17)18-21/h12-13,21H,3-11H2,1-2H3,(H2,17,18). The van der Waals surface area contributed by atoms with Crippen molar-refractivity contribution in [2.45, 2.75) is 58.8 Å². The molecule has 120 valence electrons. The van der Waals surface area contributed by atoms with Crippen molar-refractivity contribution in [1.82, 2.24) is 4.90 Å². The maximum absolute atomic E-state index is 13.0. The summed E-state index contributed by atoms with van der Waals surface area (Å²) in [4.78, 5) is 15.0. The van der Waals surface area contributed by atoms with Gasteiger partial charge in [0.2, 0.25) is 5.91 Å². The van der Waals surface area contributed by atoms with E-state index < -0.39 is 0 Å². The largest absolute Gasteiger partial charge is 0.409 e. The van der Waals surface area contributed by atoms with Crippen molar-refractivity contribution in [2.75, 3.05) is 13.1 Å². The van der Waals surface area contributed by atoms with Gasteiger partial charge < -0.3 is 15.8 Å². The van der Waals surface area contributed by atoms with Gasteiger partial charge in [0.1, 0.15) is 5.84 Å². The number of carbonyl (C=O) groups excluding carboxylic acids is 1. The average Bonchev–Trinajstić information content (AvgIpc) is 2.94. The van der Waals surface area contributed by atoms with E-state index in [-0.39, 0.29) is 11.3 Å². The fourth-order valence-corrected chi connectivity index (χ4v) is 4.13. The van der Waals surface area contributed by atoms with E-state index >= 15 is 0 Å². The smallest absolute Gasteiger partial charge is 0.228 e. The van der Waals surface area contributed by atoms with E-state index in [1.165, 1.54) is 12.8 Å². The lowest BCUT2D eigenvalue weighted by molar-refractivity contribution is -0.144. The van der Waals surface area contributed by atoms with Crippen LogP contribution in [-0.2, 0) is 4.79 Å². The van der Waals surface area contributed by atoms with E-state index in [1.54, 1.807) is 0 Å². The van der Waals surface area contributed by atoms with Gasteiger partial charge in [0, 0.05) is 24.4 Å². The second-order valence-corrected chi connectivity index (χ2v) is 7.18. The fourth-order valence-electron chi connectivity index (χ4n) is 4.13. The third-order valence-corrected chi connectivity index (χ3v) is 5.13. The number of hydrogen-bond donors (Lipinski definition) is 2. The summed E-state index contributed by atoms with van der Waals surface area (Å²) in [6.45, 7) is 5.88. The van der Waals surface area contributed by atoms with Crippen molar-refractivity contribution in [3.63, 3.8) is 0 Å². The van der Waals surface area contributed by atoms with Crippen LogP contribution in [0.15, 0.2) is 5.16 Å². The Bertz CT molecular complexity index is 392. The molecule has 0 aromatic heterocycles. The second kappa shape index (κ2) is 6.67. The second-order valence-electron chi connectivity index (χ2n) is 7.18. The van der Waals surface area contributed by atoms with Gasteiger partial charge in [-0.2, -0.15) is 0 Å². The lowest BCUT2D eigenvalue weighted by Gasteiger charge is -2.39. The van der Waals surface area contributed by atoms with Crippen LogP contribution in [0.1, 0.15) is 58.8 Å². The molecule has 21 heavy (non-hydrogen) atoms. The Morgan fingerprint density at radius 2 is 1.90 bits per heavy atom. The van der Waals surface area contributed by atoms with Crippen LogP contribution >= 0.6 is 0 Å². The summed E-state index contributed by atoms with van der Waals surface area (Å²) in [5.41, 5.74) is 5.57. The lowest BCUT2D eigenvalue weighted by Crippen LogP contribution is -2.48. The molecule has 2 rings (SSSR count). The van der Waals surface area contributed by atoms with E-state index in [0.29, 0.717) is 17.7 Å². The van der Waals surface area contributed by atoms with E-state index in [2.05, 4.69) is 19.0 Å². The van der Waals surface area contributed by atoms with E-state index in [9.17, 15) is 4.79 Å². The molecule has 1 aliphatic carbocycles. The number of carbonyl (C=O) groups is 1. The number of nitrogens with zero attached hydrogens (tertiary/aromatic N) is 2. The predicted molar refractivity (Wildman–Crippen MR) is 83.1 cm³/mol. The van der Waals surface area contributed by atoms with Gasteiger partial charge >= 0.3 is 0 Å². The van der Waals surface area contributed by atoms with Crippen molar-refractivity contribution < 1.29 is 10.0 Å².